The van der Waals surface area contributed by atoms with Crippen molar-refractivity contribution in [3.05, 3.63) is 47.6 Å². The highest BCUT2D eigenvalue weighted by Crippen LogP contribution is 2.19. The van der Waals surface area contributed by atoms with Gasteiger partial charge in [0.1, 0.15) is 12.4 Å². The van der Waals surface area contributed by atoms with E-state index < -0.39 is 6.10 Å². The lowest BCUT2D eigenvalue weighted by Gasteiger charge is -2.12. The van der Waals surface area contributed by atoms with Gasteiger partial charge in [-0.3, -0.25) is 0 Å². The normalized spacial score (nSPS) is 12.1. The van der Waals surface area contributed by atoms with Crippen molar-refractivity contribution in [2.45, 2.75) is 11.1 Å². The first kappa shape index (κ1) is 15.0. The second kappa shape index (κ2) is 7.38. The van der Waals surface area contributed by atoms with Crippen molar-refractivity contribution in [1.29, 1.82) is 0 Å². The van der Waals surface area contributed by atoms with Gasteiger partial charge in [0.05, 0.1) is 16.2 Å². The number of hydrogen-bond donors (Lipinski definition) is 2. The predicted molar refractivity (Wildman–Crippen MR) is 82.3 cm³/mol. The molecular weight excluding hydrogens is 296 g/mol. The third kappa shape index (κ3) is 4.92. The quantitative estimate of drug-likeness (QED) is 0.634. The molecule has 0 bridgehead atoms. The van der Waals surface area contributed by atoms with Gasteiger partial charge in [0.2, 0.25) is 0 Å². The van der Waals surface area contributed by atoms with Crippen LogP contribution in [0.3, 0.4) is 0 Å². The van der Waals surface area contributed by atoms with E-state index in [9.17, 15) is 5.11 Å². The van der Waals surface area contributed by atoms with E-state index in [0.717, 1.165) is 5.03 Å². The maximum absolute atomic E-state index is 9.86. The largest absolute Gasteiger partial charge is 0.491 e. The number of nitrogens with two attached hydrogens (primary N) is 1. The lowest BCUT2D eigenvalue weighted by Crippen LogP contribution is -2.20. The second-order valence-corrected chi connectivity index (χ2v) is 5.64. The van der Waals surface area contributed by atoms with Crippen LogP contribution in [0.1, 0.15) is 0 Å². The summed E-state index contributed by atoms with van der Waals surface area (Å²) in [6, 6.07) is 10.7. The monoisotopic (exact) mass is 310 g/mol. The highest BCUT2D eigenvalue weighted by Gasteiger charge is 2.07. The molecule has 0 saturated heterocycles. The minimum atomic E-state index is -0.574. The Bertz CT molecular complexity index is 484. The molecule has 1 aromatic heterocycles. The number of ether oxygens (including phenoxy) is 1. The molecule has 20 heavy (non-hydrogen) atoms. The van der Waals surface area contributed by atoms with Crippen molar-refractivity contribution in [2.24, 2.45) is 0 Å². The van der Waals surface area contributed by atoms with Crippen molar-refractivity contribution in [3.8, 4) is 5.75 Å². The fraction of sp³-hybridized carbons (Fsp3) is 0.214. The zero-order valence-electron chi connectivity index (χ0n) is 10.7. The van der Waals surface area contributed by atoms with Crippen LogP contribution in [0, 0.1) is 0 Å². The molecule has 0 saturated carbocycles. The second-order valence-electron chi connectivity index (χ2n) is 4.16. The molecule has 0 aliphatic heterocycles. The summed E-state index contributed by atoms with van der Waals surface area (Å²) < 4.78 is 5.47. The molecule has 0 radical (unpaired) electrons. The maximum Gasteiger partial charge on any atom is 0.119 e. The Labute approximate surface area is 126 Å². The standard InChI is InChI=1S/C14H15ClN2O2S/c15-10-1-6-14(17-7-10)20-9-12(18)8-19-13-4-2-11(16)3-5-13/h1-7,12,18H,8-9,16H2. The van der Waals surface area contributed by atoms with Crippen LogP contribution < -0.4 is 10.5 Å². The van der Waals surface area contributed by atoms with Gasteiger partial charge in [-0.1, -0.05) is 11.6 Å². The van der Waals surface area contributed by atoms with E-state index in [1.807, 2.05) is 6.07 Å². The van der Waals surface area contributed by atoms with Gasteiger partial charge in [-0.25, -0.2) is 4.98 Å². The number of halogens is 1. The van der Waals surface area contributed by atoms with Crippen molar-refractivity contribution in [1.82, 2.24) is 4.98 Å². The number of benzene rings is 1. The Kier molecular flexibility index (Phi) is 5.52. The Balaban J connectivity index is 1.73. The average Bonchev–Trinajstić information content (AvgIpc) is 2.46. The molecule has 0 aliphatic rings. The Morgan fingerprint density at radius 1 is 1.25 bits per heavy atom. The zero-order valence-corrected chi connectivity index (χ0v) is 12.3. The summed E-state index contributed by atoms with van der Waals surface area (Å²) in [5.74, 6) is 1.19. The van der Waals surface area contributed by atoms with E-state index in [-0.39, 0.29) is 6.61 Å². The summed E-state index contributed by atoms with van der Waals surface area (Å²) in [5.41, 5.74) is 6.26. The molecule has 0 amide bonds. The van der Waals surface area contributed by atoms with Crippen LogP contribution in [0.15, 0.2) is 47.6 Å². The number of aliphatic hydroxyl groups is 1. The van der Waals surface area contributed by atoms with Crippen molar-refractivity contribution < 1.29 is 9.84 Å². The number of nitrogens with zero attached hydrogens (tertiary/aromatic N) is 1. The molecule has 0 fully saturated rings. The lowest BCUT2D eigenvalue weighted by atomic mass is 10.3. The number of nitrogen functional groups attached to an aromatic ring is 1. The van der Waals surface area contributed by atoms with Gasteiger partial charge < -0.3 is 15.6 Å². The van der Waals surface area contributed by atoms with Crippen molar-refractivity contribution >= 4 is 29.1 Å². The van der Waals surface area contributed by atoms with E-state index in [0.29, 0.717) is 22.2 Å². The molecule has 4 nitrogen and oxygen atoms in total. The molecule has 2 rings (SSSR count). The third-order valence-corrected chi connectivity index (χ3v) is 3.76. The van der Waals surface area contributed by atoms with Crippen molar-refractivity contribution in [3.63, 3.8) is 0 Å². The van der Waals surface area contributed by atoms with Crippen molar-refractivity contribution in [2.75, 3.05) is 18.1 Å². The smallest absolute Gasteiger partial charge is 0.119 e. The fourth-order valence-corrected chi connectivity index (χ4v) is 2.30. The predicted octanol–water partition coefficient (Wildman–Crippen LogP) is 2.85. The van der Waals surface area contributed by atoms with Crippen LogP contribution in [0.2, 0.25) is 5.02 Å². The SMILES string of the molecule is Nc1ccc(OCC(O)CSc2ccc(Cl)cn2)cc1. The van der Waals surface area contributed by atoms with Gasteiger partial charge in [0.25, 0.3) is 0 Å². The van der Waals surface area contributed by atoms with Gasteiger partial charge in [-0.05, 0) is 36.4 Å². The summed E-state index contributed by atoms with van der Waals surface area (Å²) in [7, 11) is 0. The number of thioether (sulfide) groups is 1. The van der Waals surface area contributed by atoms with Crippen LogP contribution in [-0.4, -0.2) is 28.6 Å². The highest BCUT2D eigenvalue weighted by atomic mass is 35.5. The van der Waals surface area contributed by atoms with Crippen LogP contribution >= 0.6 is 23.4 Å². The molecule has 106 valence electrons. The van der Waals surface area contributed by atoms with Crippen LogP contribution in [-0.2, 0) is 0 Å². The van der Waals surface area contributed by atoms with Crippen LogP contribution in [0.4, 0.5) is 5.69 Å². The summed E-state index contributed by atoms with van der Waals surface area (Å²) in [4.78, 5) is 4.14. The summed E-state index contributed by atoms with van der Waals surface area (Å²) in [6.07, 6.45) is 1.01. The van der Waals surface area contributed by atoms with E-state index in [2.05, 4.69) is 4.98 Å². The molecule has 1 aromatic carbocycles. The summed E-state index contributed by atoms with van der Waals surface area (Å²) in [6.45, 7) is 0.227. The number of anilines is 1. The van der Waals surface area contributed by atoms with E-state index in [4.69, 9.17) is 22.1 Å². The Hall–Kier alpha value is -1.43. The van der Waals surface area contributed by atoms with Crippen LogP contribution in [0.25, 0.3) is 0 Å². The Morgan fingerprint density at radius 2 is 2.00 bits per heavy atom. The molecule has 6 heteroatoms. The number of pyridine rings is 1. The number of aliphatic hydroxyl groups excluding tert-OH is 1. The molecule has 1 unspecified atom stereocenters. The third-order valence-electron chi connectivity index (χ3n) is 2.45. The molecule has 0 aliphatic carbocycles. The first-order chi connectivity index (χ1) is 9.63. The average molecular weight is 311 g/mol. The van der Waals surface area contributed by atoms with E-state index in [1.165, 1.54) is 11.8 Å². The highest BCUT2D eigenvalue weighted by molar-refractivity contribution is 7.99. The first-order valence-electron chi connectivity index (χ1n) is 6.04. The number of rotatable bonds is 6. The van der Waals surface area contributed by atoms with Gasteiger partial charge >= 0.3 is 0 Å². The number of hydrogen-bond acceptors (Lipinski definition) is 5. The maximum atomic E-state index is 9.86. The summed E-state index contributed by atoms with van der Waals surface area (Å²) in [5, 5.41) is 11.3. The van der Waals surface area contributed by atoms with Gasteiger partial charge in [0.15, 0.2) is 0 Å². The lowest BCUT2D eigenvalue weighted by molar-refractivity contribution is 0.126. The van der Waals surface area contributed by atoms with Gasteiger partial charge in [-0.15, -0.1) is 11.8 Å². The zero-order chi connectivity index (χ0) is 14.4. The minimum Gasteiger partial charge on any atom is -0.491 e. The van der Waals surface area contributed by atoms with E-state index >= 15 is 0 Å². The topological polar surface area (TPSA) is 68.4 Å². The Morgan fingerprint density at radius 3 is 2.65 bits per heavy atom. The van der Waals surface area contributed by atoms with E-state index in [1.54, 1.807) is 36.5 Å². The molecule has 3 N–H and O–H groups in total. The minimum absolute atomic E-state index is 0.227. The molecule has 0 spiro atoms. The molecule has 2 aromatic rings. The first-order valence-corrected chi connectivity index (χ1v) is 7.40. The molecule has 1 atom stereocenters. The molecular formula is C14H15ClN2O2S. The van der Waals surface area contributed by atoms with Crippen LogP contribution in [0.5, 0.6) is 5.75 Å². The molecule has 1 heterocycles. The fourth-order valence-electron chi connectivity index (χ4n) is 1.43. The summed E-state index contributed by atoms with van der Waals surface area (Å²) >= 11 is 7.21. The van der Waals surface area contributed by atoms with Gasteiger partial charge in [0, 0.05) is 17.6 Å². The van der Waals surface area contributed by atoms with Gasteiger partial charge in [-0.2, -0.15) is 0 Å². The number of aromatic nitrogens is 1.